The number of aromatic nitrogens is 4. The average Bonchev–Trinajstić information content (AvgIpc) is 3.80. The molecule has 4 aromatic rings. The lowest BCUT2D eigenvalue weighted by atomic mass is 9.91. The molecule has 6 aliphatic heterocycles. The van der Waals surface area contributed by atoms with Crippen molar-refractivity contribution in [2.45, 2.75) is 95.3 Å². The first kappa shape index (κ1) is 34.0. The molecule has 14 heteroatoms. The van der Waals surface area contributed by atoms with Crippen molar-refractivity contribution in [2.75, 3.05) is 55.8 Å². The normalized spacial score (nSPS) is 26.4. The second-order valence-corrected chi connectivity index (χ2v) is 16.0. The summed E-state index contributed by atoms with van der Waals surface area (Å²) >= 11 is 0. The highest BCUT2D eigenvalue weighted by Gasteiger charge is 2.50. The van der Waals surface area contributed by atoms with Crippen LogP contribution in [0.4, 0.5) is 20.3 Å². The summed E-state index contributed by atoms with van der Waals surface area (Å²) < 4.78 is 43.9. The zero-order valence-corrected chi connectivity index (χ0v) is 30.6. The van der Waals surface area contributed by atoms with Gasteiger partial charge >= 0.3 is 6.01 Å². The molecule has 2 bridgehead atoms. The summed E-state index contributed by atoms with van der Waals surface area (Å²) in [6.45, 7) is 7.67. The first-order chi connectivity index (χ1) is 26.3. The molecule has 10 rings (SSSR count). The number of carbonyl (C=O) groups is 1. The lowest BCUT2D eigenvalue weighted by Gasteiger charge is -2.51. The largest absolute Gasteiger partial charge is 0.508 e. The van der Waals surface area contributed by atoms with Crippen molar-refractivity contribution in [2.24, 2.45) is 0 Å². The van der Waals surface area contributed by atoms with Crippen LogP contribution in [0, 0.1) is 5.82 Å². The quantitative estimate of drug-likeness (QED) is 0.285. The zero-order chi connectivity index (χ0) is 36.7. The molecule has 2 aromatic heterocycles. The molecule has 0 saturated carbocycles. The Bertz CT molecular complexity index is 2130. The second kappa shape index (κ2) is 13.0. The monoisotopic (exact) mass is 740 g/mol. The number of morpholine rings is 1. The Morgan fingerprint density at radius 2 is 1.93 bits per heavy atom. The Morgan fingerprint density at radius 1 is 1.06 bits per heavy atom. The third kappa shape index (κ3) is 5.58. The van der Waals surface area contributed by atoms with Gasteiger partial charge in [-0.2, -0.15) is 15.1 Å². The van der Waals surface area contributed by atoms with Crippen molar-refractivity contribution < 1.29 is 28.2 Å². The molecule has 6 aliphatic rings. The van der Waals surface area contributed by atoms with Gasteiger partial charge in [0.1, 0.15) is 30.2 Å². The number of aryl methyl sites for hydroxylation is 2. The van der Waals surface area contributed by atoms with Crippen molar-refractivity contribution in [3.8, 4) is 11.8 Å². The van der Waals surface area contributed by atoms with Gasteiger partial charge < -0.3 is 29.3 Å². The number of alkyl halides is 1. The van der Waals surface area contributed by atoms with E-state index < -0.39 is 6.17 Å². The summed E-state index contributed by atoms with van der Waals surface area (Å²) in [6.07, 6.45) is 4.40. The number of benzene rings is 2. The van der Waals surface area contributed by atoms with Crippen LogP contribution in [0.3, 0.4) is 0 Å². The molecule has 2 aromatic carbocycles. The van der Waals surface area contributed by atoms with Crippen LogP contribution in [0.5, 0.6) is 11.8 Å². The molecular weight excluding hydrogens is 694 g/mol. The summed E-state index contributed by atoms with van der Waals surface area (Å²) in [5.74, 6) is 0.625. The molecule has 4 atom stereocenters. The van der Waals surface area contributed by atoms with Gasteiger partial charge in [-0.15, -0.1) is 0 Å². The fraction of sp³-hybridized carbons (Fsp3) is 0.550. The molecule has 4 saturated heterocycles. The number of hydrogen-bond donors (Lipinski definition) is 1. The average molecular weight is 741 g/mol. The number of halogens is 2. The van der Waals surface area contributed by atoms with Gasteiger partial charge in [-0.05, 0) is 74.2 Å². The summed E-state index contributed by atoms with van der Waals surface area (Å²) in [4.78, 5) is 32.3. The van der Waals surface area contributed by atoms with Crippen LogP contribution in [-0.4, -0.2) is 110 Å². The highest BCUT2D eigenvalue weighted by atomic mass is 19.1. The van der Waals surface area contributed by atoms with Crippen molar-refractivity contribution in [3.05, 3.63) is 64.4 Å². The summed E-state index contributed by atoms with van der Waals surface area (Å²) in [6, 6.07) is 9.04. The number of nitrogens with zero attached hydrogens (tertiary/aromatic N) is 8. The van der Waals surface area contributed by atoms with Gasteiger partial charge in [-0.3, -0.25) is 14.4 Å². The van der Waals surface area contributed by atoms with Crippen molar-refractivity contribution in [1.29, 1.82) is 0 Å². The Labute approximate surface area is 312 Å². The minimum atomic E-state index is -0.870. The van der Waals surface area contributed by atoms with Crippen LogP contribution < -0.4 is 14.5 Å². The maximum Gasteiger partial charge on any atom is 0.318 e. The van der Waals surface area contributed by atoms with Gasteiger partial charge in [-0.25, -0.2) is 8.78 Å². The molecule has 1 amide bonds. The number of anilines is 2. The molecule has 2 unspecified atom stereocenters. The molecule has 54 heavy (non-hydrogen) atoms. The summed E-state index contributed by atoms with van der Waals surface area (Å²) in [7, 11) is 0. The van der Waals surface area contributed by atoms with Crippen LogP contribution in [-0.2, 0) is 37.2 Å². The van der Waals surface area contributed by atoms with Crippen LogP contribution in [0.25, 0.3) is 10.8 Å². The molecule has 0 radical (unpaired) electrons. The van der Waals surface area contributed by atoms with E-state index in [0.29, 0.717) is 83.1 Å². The minimum Gasteiger partial charge on any atom is -0.508 e. The fourth-order valence-electron chi connectivity index (χ4n) is 10.2. The molecule has 1 N–H and O–H groups in total. The number of phenols is 1. The number of amides is 1. The summed E-state index contributed by atoms with van der Waals surface area (Å²) in [5, 5.41) is 17.2. The lowest BCUT2D eigenvalue weighted by molar-refractivity contribution is -0.104. The number of aromatic hydroxyl groups is 1. The number of ether oxygens (including phenoxy) is 2. The van der Waals surface area contributed by atoms with E-state index in [1.165, 1.54) is 6.07 Å². The van der Waals surface area contributed by atoms with Gasteiger partial charge in [0.15, 0.2) is 5.69 Å². The smallest absolute Gasteiger partial charge is 0.318 e. The number of carbonyl (C=O) groups excluding carboxylic acids is 1. The molecule has 0 spiro atoms. The summed E-state index contributed by atoms with van der Waals surface area (Å²) in [5.41, 5.74) is 4.28. The van der Waals surface area contributed by atoms with E-state index in [-0.39, 0.29) is 41.1 Å². The van der Waals surface area contributed by atoms with Gasteiger partial charge in [0.25, 0.3) is 5.91 Å². The molecule has 284 valence electrons. The van der Waals surface area contributed by atoms with Gasteiger partial charge in [-0.1, -0.05) is 13.0 Å². The molecule has 0 aliphatic carbocycles. The van der Waals surface area contributed by atoms with E-state index in [1.54, 1.807) is 18.2 Å². The maximum absolute atomic E-state index is 15.2. The third-order valence-electron chi connectivity index (χ3n) is 12.8. The molecule has 12 nitrogen and oxygen atoms in total. The number of phenolic OH excluding ortho intramolecular Hbond substituents is 1. The van der Waals surface area contributed by atoms with Crippen LogP contribution in [0.2, 0.25) is 0 Å². The molecular formula is C40H46F2N8O4. The van der Waals surface area contributed by atoms with Crippen molar-refractivity contribution in [1.82, 2.24) is 29.5 Å². The molecule has 8 heterocycles. The maximum atomic E-state index is 15.2. The van der Waals surface area contributed by atoms with Crippen molar-refractivity contribution >= 4 is 28.2 Å². The first-order valence-electron chi connectivity index (χ1n) is 19.6. The number of hydrogen-bond acceptors (Lipinski definition) is 10. The number of rotatable bonds is 7. The van der Waals surface area contributed by atoms with Crippen LogP contribution >= 0.6 is 0 Å². The predicted octanol–water partition coefficient (Wildman–Crippen LogP) is 4.77. The van der Waals surface area contributed by atoms with Gasteiger partial charge in [0, 0.05) is 55.3 Å². The standard InChI is InChI=1S/C40H46F2N8O4/c1-2-30-32(42)6-5-24-13-29(51)16-35(36(24)30)46-12-7-31-34(20-46)43-39(54-23-40-8-3-10-48(40)18-25(41)17-40)44-37(31)47-9-4-11-49-26(19-47)15-33(45-49)38(52)50-27-14-28(50)22-53-21-27/h5-6,13,15-16,25,27-28,51H,2-4,7-12,14,17-23H2,1H3/t25-,27?,28?,40+/m1/s1. The zero-order valence-electron chi connectivity index (χ0n) is 30.6. The van der Waals surface area contributed by atoms with Gasteiger partial charge in [0.05, 0.1) is 55.3 Å². The van der Waals surface area contributed by atoms with Gasteiger partial charge in [0.2, 0.25) is 0 Å². The van der Waals surface area contributed by atoms with E-state index >= 15 is 4.39 Å². The highest BCUT2D eigenvalue weighted by Crippen LogP contribution is 2.42. The minimum absolute atomic E-state index is 0.0322. The Morgan fingerprint density at radius 3 is 2.76 bits per heavy atom. The van der Waals surface area contributed by atoms with E-state index in [1.807, 2.05) is 22.6 Å². The SMILES string of the molecule is CCc1c(F)ccc2cc(O)cc(N3CCc4c(nc(OC[C@@]56CCCN5C[C@H](F)C6)nc4N4CCCn5nc(C(=O)N6C7COCC6C7)cc5C4)C3)c12. The van der Waals surface area contributed by atoms with E-state index in [0.717, 1.165) is 78.0 Å². The van der Waals surface area contributed by atoms with Crippen LogP contribution in [0.15, 0.2) is 30.3 Å². The third-order valence-corrected chi connectivity index (χ3v) is 12.8. The van der Waals surface area contributed by atoms with E-state index in [2.05, 4.69) is 14.7 Å². The Balaban J connectivity index is 0.996. The van der Waals surface area contributed by atoms with Crippen LogP contribution in [0.1, 0.15) is 72.0 Å². The molecule has 4 fully saturated rings. The van der Waals surface area contributed by atoms with Crippen molar-refractivity contribution in [3.63, 3.8) is 0 Å². The second-order valence-electron chi connectivity index (χ2n) is 16.0. The number of fused-ring (bicyclic) bond motifs is 6. The topological polar surface area (TPSA) is 112 Å². The highest BCUT2D eigenvalue weighted by molar-refractivity contribution is 5.98. The Kier molecular flexibility index (Phi) is 8.20. The van der Waals surface area contributed by atoms with E-state index in [9.17, 15) is 14.3 Å². The fourth-order valence-corrected chi connectivity index (χ4v) is 10.2. The Hall–Kier alpha value is -4.56. The predicted molar refractivity (Wildman–Crippen MR) is 197 cm³/mol. The lowest BCUT2D eigenvalue weighted by Crippen LogP contribution is -2.65. The first-order valence-corrected chi connectivity index (χ1v) is 19.6. The van der Waals surface area contributed by atoms with E-state index in [4.69, 9.17) is 24.5 Å².